The van der Waals surface area contributed by atoms with E-state index < -0.39 is 0 Å². The molecule has 0 bridgehead atoms. The first-order chi connectivity index (χ1) is 7.17. The number of rotatable bonds is 7. The highest BCUT2D eigenvalue weighted by Crippen LogP contribution is 2.08. The SMILES string of the molecule is CCC(CSC)N(C)C(=S)NCCOC. The summed E-state index contributed by atoms with van der Waals surface area (Å²) >= 11 is 7.15. The Kier molecular flexibility index (Phi) is 9.24. The zero-order valence-corrected chi connectivity index (χ0v) is 11.7. The average Bonchev–Trinajstić information content (AvgIpc) is 2.25. The zero-order chi connectivity index (χ0) is 11.7. The maximum absolute atomic E-state index is 5.30. The summed E-state index contributed by atoms with van der Waals surface area (Å²) in [6.07, 6.45) is 3.24. The van der Waals surface area contributed by atoms with Crippen molar-refractivity contribution in [1.29, 1.82) is 0 Å². The van der Waals surface area contributed by atoms with E-state index in [0.29, 0.717) is 12.6 Å². The van der Waals surface area contributed by atoms with Crippen molar-refractivity contribution in [3.8, 4) is 0 Å². The molecule has 0 aromatic rings. The molecule has 0 aliphatic rings. The first-order valence-corrected chi connectivity index (χ1v) is 6.96. The average molecular weight is 250 g/mol. The molecule has 1 N–H and O–H groups in total. The third kappa shape index (κ3) is 6.22. The van der Waals surface area contributed by atoms with Gasteiger partial charge in [0.25, 0.3) is 0 Å². The van der Waals surface area contributed by atoms with Gasteiger partial charge in [0.15, 0.2) is 5.11 Å². The van der Waals surface area contributed by atoms with Crippen LogP contribution in [0.1, 0.15) is 13.3 Å². The van der Waals surface area contributed by atoms with Crippen LogP contribution < -0.4 is 5.32 Å². The van der Waals surface area contributed by atoms with Crippen molar-refractivity contribution in [2.45, 2.75) is 19.4 Å². The first kappa shape index (κ1) is 15.0. The molecule has 1 unspecified atom stereocenters. The Morgan fingerprint density at radius 2 is 2.27 bits per heavy atom. The molecule has 0 saturated carbocycles. The van der Waals surface area contributed by atoms with Crippen LogP contribution in [0, 0.1) is 0 Å². The van der Waals surface area contributed by atoms with E-state index in [1.165, 1.54) is 0 Å². The highest BCUT2D eigenvalue weighted by atomic mass is 32.2. The Bertz CT molecular complexity index is 179. The predicted octanol–water partition coefficient (Wildman–Crippen LogP) is 1.58. The van der Waals surface area contributed by atoms with E-state index in [1.807, 2.05) is 18.8 Å². The zero-order valence-electron chi connectivity index (χ0n) is 10.1. The molecule has 90 valence electrons. The van der Waals surface area contributed by atoms with Crippen molar-refractivity contribution in [3.63, 3.8) is 0 Å². The normalized spacial score (nSPS) is 12.3. The van der Waals surface area contributed by atoms with Gasteiger partial charge < -0.3 is 15.0 Å². The Hall–Kier alpha value is -0.0000000000000000486. The Balaban J connectivity index is 3.92. The fraction of sp³-hybridized carbons (Fsp3) is 0.900. The molecule has 0 amide bonds. The van der Waals surface area contributed by atoms with Crippen molar-refractivity contribution in [3.05, 3.63) is 0 Å². The minimum Gasteiger partial charge on any atom is -0.383 e. The smallest absolute Gasteiger partial charge is 0.169 e. The van der Waals surface area contributed by atoms with Crippen molar-refractivity contribution >= 4 is 29.1 Å². The van der Waals surface area contributed by atoms with Gasteiger partial charge in [0.05, 0.1) is 6.61 Å². The second kappa shape index (κ2) is 9.24. The topological polar surface area (TPSA) is 24.5 Å². The summed E-state index contributed by atoms with van der Waals surface area (Å²) in [4.78, 5) is 2.14. The van der Waals surface area contributed by atoms with Crippen LogP contribution in [-0.2, 0) is 4.74 Å². The van der Waals surface area contributed by atoms with Crippen LogP contribution in [0.5, 0.6) is 0 Å². The van der Waals surface area contributed by atoms with Crippen LogP contribution in [0.2, 0.25) is 0 Å². The van der Waals surface area contributed by atoms with Gasteiger partial charge in [0.1, 0.15) is 0 Å². The molecule has 0 aromatic carbocycles. The molecule has 0 aromatic heterocycles. The molecule has 0 radical (unpaired) electrons. The van der Waals surface area contributed by atoms with Crippen LogP contribution in [0.25, 0.3) is 0 Å². The highest BCUT2D eigenvalue weighted by Gasteiger charge is 2.14. The van der Waals surface area contributed by atoms with Gasteiger partial charge in [-0.1, -0.05) is 6.92 Å². The van der Waals surface area contributed by atoms with Gasteiger partial charge in [-0.25, -0.2) is 0 Å². The molecular formula is C10H22N2OS2. The van der Waals surface area contributed by atoms with E-state index in [9.17, 15) is 0 Å². The van der Waals surface area contributed by atoms with Gasteiger partial charge in [-0.2, -0.15) is 11.8 Å². The number of nitrogens with one attached hydrogen (secondary N) is 1. The largest absolute Gasteiger partial charge is 0.383 e. The fourth-order valence-corrected chi connectivity index (χ4v) is 2.34. The van der Waals surface area contributed by atoms with E-state index in [-0.39, 0.29) is 0 Å². The second-order valence-corrected chi connectivity index (χ2v) is 4.65. The van der Waals surface area contributed by atoms with Crippen LogP contribution in [0.3, 0.4) is 0 Å². The number of ether oxygens (including phenoxy) is 1. The summed E-state index contributed by atoms with van der Waals surface area (Å²) < 4.78 is 4.96. The molecule has 0 aliphatic heterocycles. The van der Waals surface area contributed by atoms with Crippen molar-refractivity contribution in [2.24, 2.45) is 0 Å². The molecule has 0 spiro atoms. The molecule has 5 heteroatoms. The Morgan fingerprint density at radius 3 is 2.73 bits per heavy atom. The quantitative estimate of drug-likeness (QED) is 0.546. The third-order valence-electron chi connectivity index (χ3n) is 2.28. The van der Waals surface area contributed by atoms with E-state index in [1.54, 1.807) is 7.11 Å². The molecule has 0 aliphatic carbocycles. The Morgan fingerprint density at radius 1 is 1.60 bits per heavy atom. The minimum absolute atomic E-state index is 0.516. The third-order valence-corrected chi connectivity index (χ3v) is 3.43. The van der Waals surface area contributed by atoms with Gasteiger partial charge in [0, 0.05) is 32.5 Å². The monoisotopic (exact) mass is 250 g/mol. The second-order valence-electron chi connectivity index (χ2n) is 3.35. The highest BCUT2D eigenvalue weighted by molar-refractivity contribution is 7.98. The number of hydrogen-bond acceptors (Lipinski definition) is 3. The van der Waals surface area contributed by atoms with Gasteiger partial charge in [-0.05, 0) is 24.9 Å². The van der Waals surface area contributed by atoms with E-state index in [4.69, 9.17) is 17.0 Å². The summed E-state index contributed by atoms with van der Waals surface area (Å²) in [5.41, 5.74) is 0. The summed E-state index contributed by atoms with van der Waals surface area (Å²) in [7, 11) is 3.74. The van der Waals surface area contributed by atoms with Crippen molar-refractivity contribution in [1.82, 2.24) is 10.2 Å². The van der Waals surface area contributed by atoms with Crippen LogP contribution in [-0.4, -0.2) is 55.4 Å². The van der Waals surface area contributed by atoms with Crippen LogP contribution in [0.15, 0.2) is 0 Å². The maximum Gasteiger partial charge on any atom is 0.169 e. The molecule has 3 nitrogen and oxygen atoms in total. The van der Waals surface area contributed by atoms with Gasteiger partial charge in [-0.3, -0.25) is 0 Å². The van der Waals surface area contributed by atoms with Gasteiger partial charge in [-0.15, -0.1) is 0 Å². The summed E-state index contributed by atoms with van der Waals surface area (Å²) in [6, 6.07) is 0.516. The standard InChI is InChI=1S/C10H22N2OS2/c1-5-9(8-15-4)12(2)10(14)11-6-7-13-3/h9H,5-8H2,1-4H3,(H,11,14). The summed E-state index contributed by atoms with van der Waals surface area (Å²) in [5, 5.41) is 3.99. The fourth-order valence-electron chi connectivity index (χ4n) is 1.25. The van der Waals surface area contributed by atoms with Gasteiger partial charge in [0.2, 0.25) is 0 Å². The number of thiocarbonyl (C=S) groups is 1. The van der Waals surface area contributed by atoms with E-state index in [0.717, 1.165) is 23.8 Å². The lowest BCUT2D eigenvalue weighted by Gasteiger charge is -2.29. The molecular weight excluding hydrogens is 228 g/mol. The lowest BCUT2D eigenvalue weighted by molar-refractivity contribution is 0.202. The molecule has 0 fully saturated rings. The lowest BCUT2D eigenvalue weighted by Crippen LogP contribution is -2.45. The van der Waals surface area contributed by atoms with Crippen LogP contribution >= 0.6 is 24.0 Å². The van der Waals surface area contributed by atoms with Gasteiger partial charge >= 0.3 is 0 Å². The number of nitrogens with zero attached hydrogens (tertiary/aromatic N) is 1. The Labute approximate surface area is 103 Å². The number of hydrogen-bond donors (Lipinski definition) is 1. The first-order valence-electron chi connectivity index (χ1n) is 5.15. The van der Waals surface area contributed by atoms with Crippen LogP contribution in [0.4, 0.5) is 0 Å². The van der Waals surface area contributed by atoms with E-state index in [2.05, 4.69) is 23.4 Å². The minimum atomic E-state index is 0.516. The van der Waals surface area contributed by atoms with Crippen molar-refractivity contribution in [2.75, 3.05) is 39.3 Å². The molecule has 0 rings (SSSR count). The molecule has 1 atom stereocenters. The lowest BCUT2D eigenvalue weighted by atomic mass is 10.2. The number of thioether (sulfide) groups is 1. The van der Waals surface area contributed by atoms with E-state index >= 15 is 0 Å². The summed E-state index contributed by atoms with van der Waals surface area (Å²) in [5.74, 6) is 1.11. The predicted molar refractivity (Wildman–Crippen MR) is 72.7 cm³/mol. The summed E-state index contributed by atoms with van der Waals surface area (Å²) in [6.45, 7) is 3.65. The molecule has 0 heterocycles. The van der Waals surface area contributed by atoms with Crippen molar-refractivity contribution < 1.29 is 4.74 Å². The maximum atomic E-state index is 5.30. The number of methoxy groups -OCH3 is 1. The molecule has 0 saturated heterocycles. The molecule has 15 heavy (non-hydrogen) atoms.